The third-order valence-corrected chi connectivity index (χ3v) is 3.97. The highest BCUT2D eigenvalue weighted by Crippen LogP contribution is 2.06. The van der Waals surface area contributed by atoms with Crippen molar-refractivity contribution in [3.05, 3.63) is 0 Å². The van der Waals surface area contributed by atoms with E-state index in [1.807, 2.05) is 0 Å². The minimum atomic E-state index is -1.34. The van der Waals surface area contributed by atoms with Crippen molar-refractivity contribution in [2.24, 2.45) is 17.4 Å². The Morgan fingerprint density at radius 1 is 0.897 bits per heavy atom. The number of hydrogen-bond acceptors (Lipinski definition) is 7. The second kappa shape index (κ2) is 13.4. The number of nitrogens with two attached hydrogens (primary N) is 2. The summed E-state index contributed by atoms with van der Waals surface area (Å²) < 4.78 is 0. The number of hydrogen-bond donors (Lipinski definition) is 7. The van der Waals surface area contributed by atoms with Crippen molar-refractivity contribution in [2.45, 2.75) is 57.7 Å². The van der Waals surface area contributed by atoms with Crippen LogP contribution in [0, 0.1) is 5.92 Å². The van der Waals surface area contributed by atoms with Gasteiger partial charge in [-0.1, -0.05) is 13.8 Å². The number of unbranched alkanes of at least 4 members (excludes halogenated alkanes) is 1. The van der Waals surface area contributed by atoms with Crippen molar-refractivity contribution in [3.8, 4) is 0 Å². The predicted molar refractivity (Wildman–Crippen MR) is 102 cm³/mol. The van der Waals surface area contributed by atoms with Crippen molar-refractivity contribution < 1.29 is 34.2 Å². The van der Waals surface area contributed by atoms with Crippen LogP contribution in [-0.2, 0) is 24.0 Å². The second-order valence-corrected chi connectivity index (χ2v) is 6.89. The first kappa shape index (κ1) is 26.3. The number of carboxylic acids is 2. The van der Waals surface area contributed by atoms with E-state index in [1.165, 1.54) is 0 Å². The molecule has 0 saturated heterocycles. The number of carbonyl (C=O) groups excluding carboxylic acids is 3. The molecular formula is C17H31N5O7. The summed E-state index contributed by atoms with van der Waals surface area (Å²) in [5, 5.41) is 24.5. The molecule has 0 rings (SSSR count). The highest BCUT2D eigenvalue weighted by molar-refractivity contribution is 5.94. The van der Waals surface area contributed by atoms with Gasteiger partial charge < -0.3 is 37.6 Å². The third-order valence-electron chi connectivity index (χ3n) is 3.97. The number of carbonyl (C=O) groups is 5. The van der Waals surface area contributed by atoms with Gasteiger partial charge >= 0.3 is 11.9 Å². The van der Waals surface area contributed by atoms with Gasteiger partial charge in [0.05, 0.1) is 12.5 Å². The van der Waals surface area contributed by atoms with Crippen LogP contribution in [0.4, 0.5) is 0 Å². The highest BCUT2D eigenvalue weighted by atomic mass is 16.4. The van der Waals surface area contributed by atoms with Crippen LogP contribution in [0.2, 0.25) is 0 Å². The van der Waals surface area contributed by atoms with E-state index in [0.29, 0.717) is 19.4 Å². The molecule has 0 radical (unpaired) electrons. The van der Waals surface area contributed by atoms with E-state index in [4.69, 9.17) is 21.7 Å². The summed E-state index contributed by atoms with van der Waals surface area (Å²) in [5.74, 6) is -5.00. The molecule has 3 amide bonds. The lowest BCUT2D eigenvalue weighted by molar-refractivity contribution is -0.140. The number of aliphatic carboxylic acids is 2. The number of nitrogens with one attached hydrogen (secondary N) is 3. The normalized spacial score (nSPS) is 13.8. The molecule has 12 heteroatoms. The Morgan fingerprint density at radius 3 is 2.00 bits per heavy atom. The molecule has 0 aliphatic carbocycles. The number of amides is 3. The van der Waals surface area contributed by atoms with Crippen LogP contribution in [0.15, 0.2) is 0 Å². The predicted octanol–water partition coefficient (Wildman–Crippen LogP) is -2.26. The van der Waals surface area contributed by atoms with E-state index >= 15 is 0 Å². The molecule has 3 atom stereocenters. The molecule has 0 heterocycles. The fraction of sp³-hybridized carbons (Fsp3) is 0.706. The molecule has 3 unspecified atom stereocenters. The monoisotopic (exact) mass is 417 g/mol. The number of rotatable bonds is 14. The van der Waals surface area contributed by atoms with E-state index in [0.717, 1.165) is 0 Å². The molecule has 0 fully saturated rings. The maximum Gasteiger partial charge on any atom is 0.322 e. The smallest absolute Gasteiger partial charge is 0.322 e. The average Bonchev–Trinajstić information content (AvgIpc) is 2.62. The molecule has 0 bridgehead atoms. The van der Waals surface area contributed by atoms with Crippen LogP contribution in [0.25, 0.3) is 0 Å². The van der Waals surface area contributed by atoms with Gasteiger partial charge in [0, 0.05) is 0 Å². The molecule has 166 valence electrons. The van der Waals surface area contributed by atoms with E-state index < -0.39 is 60.8 Å². The summed E-state index contributed by atoms with van der Waals surface area (Å²) in [7, 11) is 0. The van der Waals surface area contributed by atoms with E-state index in [9.17, 15) is 24.0 Å². The quantitative estimate of drug-likeness (QED) is 0.152. The Hall–Kier alpha value is -2.73. The first-order valence-electron chi connectivity index (χ1n) is 9.27. The number of carboxylic acid groups (broad SMARTS) is 2. The Balaban J connectivity index is 5.18. The first-order valence-corrected chi connectivity index (χ1v) is 9.27. The maximum absolute atomic E-state index is 12.7. The molecule has 0 spiro atoms. The van der Waals surface area contributed by atoms with Crippen LogP contribution in [0.3, 0.4) is 0 Å². The Morgan fingerprint density at radius 2 is 1.52 bits per heavy atom. The second-order valence-electron chi connectivity index (χ2n) is 6.89. The van der Waals surface area contributed by atoms with Crippen LogP contribution >= 0.6 is 0 Å². The molecule has 0 aliphatic heterocycles. The molecule has 0 aromatic rings. The van der Waals surface area contributed by atoms with Gasteiger partial charge in [-0.3, -0.25) is 24.0 Å². The van der Waals surface area contributed by atoms with Gasteiger partial charge in [-0.25, -0.2) is 0 Å². The fourth-order valence-corrected chi connectivity index (χ4v) is 2.38. The minimum absolute atomic E-state index is 0.204. The van der Waals surface area contributed by atoms with Crippen molar-refractivity contribution in [1.82, 2.24) is 16.0 Å². The summed E-state index contributed by atoms with van der Waals surface area (Å²) in [6.07, 6.45) is 0.694. The van der Waals surface area contributed by atoms with Crippen LogP contribution in [0.5, 0.6) is 0 Å². The zero-order valence-corrected chi connectivity index (χ0v) is 16.6. The summed E-state index contributed by atoms with van der Waals surface area (Å²) in [6.45, 7) is 3.11. The molecule has 0 saturated carbocycles. The Bertz CT molecular complexity index is 597. The zero-order chi connectivity index (χ0) is 22.6. The van der Waals surface area contributed by atoms with Gasteiger partial charge in [0.25, 0.3) is 0 Å². The van der Waals surface area contributed by atoms with Gasteiger partial charge in [0.1, 0.15) is 18.6 Å². The van der Waals surface area contributed by atoms with E-state index in [2.05, 4.69) is 16.0 Å². The summed E-state index contributed by atoms with van der Waals surface area (Å²) in [6, 6.07) is -3.41. The van der Waals surface area contributed by atoms with Gasteiger partial charge in [-0.2, -0.15) is 0 Å². The average molecular weight is 417 g/mol. The lowest BCUT2D eigenvalue weighted by Gasteiger charge is -2.25. The zero-order valence-electron chi connectivity index (χ0n) is 16.6. The topological polar surface area (TPSA) is 214 Å². The lowest BCUT2D eigenvalue weighted by atomic mass is 10.0. The Labute approximate surface area is 168 Å². The van der Waals surface area contributed by atoms with Crippen LogP contribution in [0.1, 0.15) is 39.5 Å². The summed E-state index contributed by atoms with van der Waals surface area (Å²) in [4.78, 5) is 58.3. The molecule has 0 aromatic carbocycles. The van der Waals surface area contributed by atoms with Crippen LogP contribution < -0.4 is 27.4 Å². The van der Waals surface area contributed by atoms with Crippen molar-refractivity contribution in [2.75, 3.05) is 13.1 Å². The molecule has 0 aliphatic rings. The lowest BCUT2D eigenvalue weighted by Crippen LogP contribution is -2.57. The summed E-state index contributed by atoms with van der Waals surface area (Å²) >= 11 is 0. The third kappa shape index (κ3) is 11.0. The fourth-order valence-electron chi connectivity index (χ4n) is 2.38. The largest absolute Gasteiger partial charge is 0.481 e. The maximum atomic E-state index is 12.7. The van der Waals surface area contributed by atoms with Gasteiger partial charge in [-0.15, -0.1) is 0 Å². The van der Waals surface area contributed by atoms with Gasteiger partial charge in [0.15, 0.2) is 0 Å². The molecular weight excluding hydrogens is 386 g/mol. The van der Waals surface area contributed by atoms with Gasteiger partial charge in [-0.05, 0) is 31.7 Å². The first-order chi connectivity index (χ1) is 13.5. The van der Waals surface area contributed by atoms with Crippen LogP contribution in [-0.4, -0.2) is 71.1 Å². The minimum Gasteiger partial charge on any atom is -0.481 e. The summed E-state index contributed by atoms with van der Waals surface area (Å²) in [5.41, 5.74) is 11.0. The molecule has 9 N–H and O–H groups in total. The standard InChI is InChI=1S/C17H31N5O7/c1-9(2)14(17(29)20-8-13(25)26)22-16(28)11(5-3-4-6-18)21-15(27)10(19)7-12(23)24/h9-11,14H,3-8,18-19H2,1-2H3,(H,20,29)(H,21,27)(H,22,28)(H,23,24)(H,25,26). The van der Waals surface area contributed by atoms with E-state index in [-0.39, 0.29) is 12.3 Å². The van der Waals surface area contributed by atoms with Crippen molar-refractivity contribution >= 4 is 29.7 Å². The van der Waals surface area contributed by atoms with Crippen molar-refractivity contribution in [3.63, 3.8) is 0 Å². The van der Waals surface area contributed by atoms with E-state index in [1.54, 1.807) is 13.8 Å². The molecule has 29 heavy (non-hydrogen) atoms. The highest BCUT2D eigenvalue weighted by Gasteiger charge is 2.30. The van der Waals surface area contributed by atoms with Gasteiger partial charge in [0.2, 0.25) is 17.7 Å². The molecule has 0 aromatic heterocycles. The molecule has 12 nitrogen and oxygen atoms in total. The van der Waals surface area contributed by atoms with Crippen molar-refractivity contribution in [1.29, 1.82) is 0 Å². The SMILES string of the molecule is CC(C)C(NC(=O)C(CCCCN)NC(=O)C(N)CC(=O)O)C(=O)NCC(=O)O. The Kier molecular flexibility index (Phi) is 12.2.